The van der Waals surface area contributed by atoms with Gasteiger partial charge >= 0.3 is 0 Å². The van der Waals surface area contributed by atoms with Gasteiger partial charge in [-0.3, -0.25) is 9.52 Å². The van der Waals surface area contributed by atoms with Gasteiger partial charge in [0.05, 0.1) is 4.90 Å². The normalized spacial score (nSPS) is 11.1. The van der Waals surface area contributed by atoms with E-state index in [4.69, 9.17) is 0 Å². The zero-order chi connectivity index (χ0) is 21.4. The van der Waals surface area contributed by atoms with E-state index in [-0.39, 0.29) is 16.6 Å². The van der Waals surface area contributed by atoms with Crippen molar-refractivity contribution >= 4 is 33.4 Å². The lowest BCUT2D eigenvalue weighted by Gasteiger charge is -2.09. The number of halogens is 1. The van der Waals surface area contributed by atoms with Gasteiger partial charge in [0.15, 0.2) is 0 Å². The number of sulfonamides is 1. The molecule has 0 aliphatic rings. The number of hydrogen-bond acceptors (Lipinski definition) is 4. The molecule has 8 heteroatoms. The standard InChI is InChI=1S/C22H21FN2O3S2/c23-18-9-11-20(12-10-18)29-16-4-15-24-22(26)17-7-13-21(14-8-17)30(27,28)25-19-5-2-1-3-6-19/h1-3,5-14,25H,4,15-16H2,(H,24,26). The molecular weight excluding hydrogens is 423 g/mol. The van der Waals surface area contributed by atoms with E-state index in [9.17, 15) is 17.6 Å². The molecule has 3 aromatic rings. The fraction of sp³-hybridized carbons (Fsp3) is 0.136. The predicted octanol–water partition coefficient (Wildman–Crippen LogP) is 4.54. The molecule has 0 aromatic heterocycles. The maximum atomic E-state index is 12.9. The highest BCUT2D eigenvalue weighted by Crippen LogP contribution is 2.19. The predicted molar refractivity (Wildman–Crippen MR) is 118 cm³/mol. The van der Waals surface area contributed by atoms with Crippen molar-refractivity contribution in [2.45, 2.75) is 16.2 Å². The summed E-state index contributed by atoms with van der Waals surface area (Å²) in [5.41, 5.74) is 0.859. The number of para-hydroxylation sites is 1. The van der Waals surface area contributed by atoms with E-state index in [0.717, 1.165) is 17.1 Å². The highest BCUT2D eigenvalue weighted by molar-refractivity contribution is 7.99. The number of thioether (sulfide) groups is 1. The van der Waals surface area contributed by atoms with E-state index in [2.05, 4.69) is 10.0 Å². The van der Waals surface area contributed by atoms with Crippen LogP contribution in [0.2, 0.25) is 0 Å². The molecule has 0 saturated heterocycles. The second-order valence-corrected chi connectivity index (χ2v) is 9.26. The molecule has 0 spiro atoms. The number of carbonyl (C=O) groups excluding carboxylic acids is 1. The molecule has 0 fully saturated rings. The van der Waals surface area contributed by atoms with Gasteiger partial charge < -0.3 is 5.32 Å². The Kier molecular flexibility index (Phi) is 7.48. The third kappa shape index (κ3) is 6.33. The van der Waals surface area contributed by atoms with Crippen LogP contribution in [0.4, 0.5) is 10.1 Å². The first-order chi connectivity index (χ1) is 14.4. The van der Waals surface area contributed by atoms with Crippen molar-refractivity contribution in [1.82, 2.24) is 5.32 Å². The Hall–Kier alpha value is -2.84. The summed E-state index contributed by atoms with van der Waals surface area (Å²) in [6, 6.07) is 20.7. The third-order valence-electron chi connectivity index (χ3n) is 4.14. The van der Waals surface area contributed by atoms with Crippen LogP contribution in [0.15, 0.2) is 88.7 Å². The Labute approximate surface area is 179 Å². The van der Waals surface area contributed by atoms with E-state index in [1.807, 2.05) is 0 Å². The van der Waals surface area contributed by atoms with Gasteiger partial charge in [0.2, 0.25) is 0 Å². The van der Waals surface area contributed by atoms with Crippen molar-refractivity contribution in [2.24, 2.45) is 0 Å². The fourth-order valence-electron chi connectivity index (χ4n) is 2.60. The zero-order valence-electron chi connectivity index (χ0n) is 16.0. The van der Waals surface area contributed by atoms with Gasteiger partial charge in [0, 0.05) is 22.7 Å². The van der Waals surface area contributed by atoms with Crippen LogP contribution in [-0.2, 0) is 10.0 Å². The first kappa shape index (κ1) is 21.9. The lowest BCUT2D eigenvalue weighted by atomic mass is 10.2. The maximum Gasteiger partial charge on any atom is 0.261 e. The second-order valence-electron chi connectivity index (χ2n) is 6.41. The molecular formula is C22H21FN2O3S2. The topological polar surface area (TPSA) is 75.3 Å². The van der Waals surface area contributed by atoms with Gasteiger partial charge in [-0.05, 0) is 72.8 Å². The number of nitrogens with one attached hydrogen (secondary N) is 2. The Morgan fingerprint density at radius 1 is 0.900 bits per heavy atom. The van der Waals surface area contributed by atoms with E-state index in [1.54, 1.807) is 54.2 Å². The van der Waals surface area contributed by atoms with Crippen LogP contribution in [0.25, 0.3) is 0 Å². The number of anilines is 1. The van der Waals surface area contributed by atoms with Crippen molar-refractivity contribution in [1.29, 1.82) is 0 Å². The Morgan fingerprint density at radius 3 is 2.23 bits per heavy atom. The second kappa shape index (κ2) is 10.3. The summed E-state index contributed by atoms with van der Waals surface area (Å²) in [7, 11) is -3.72. The molecule has 5 nitrogen and oxygen atoms in total. The Morgan fingerprint density at radius 2 is 1.57 bits per heavy atom. The molecule has 0 bridgehead atoms. The Balaban J connectivity index is 1.47. The quantitative estimate of drug-likeness (QED) is 0.375. The largest absolute Gasteiger partial charge is 0.352 e. The molecule has 2 N–H and O–H groups in total. The zero-order valence-corrected chi connectivity index (χ0v) is 17.7. The molecule has 1 amide bonds. The molecule has 3 aromatic carbocycles. The summed E-state index contributed by atoms with van der Waals surface area (Å²) in [4.78, 5) is 13.3. The smallest absolute Gasteiger partial charge is 0.261 e. The van der Waals surface area contributed by atoms with Gasteiger partial charge in [-0.15, -0.1) is 11.8 Å². The lowest BCUT2D eigenvalue weighted by molar-refractivity contribution is 0.0953. The van der Waals surface area contributed by atoms with Crippen molar-refractivity contribution in [2.75, 3.05) is 17.0 Å². The van der Waals surface area contributed by atoms with Gasteiger partial charge in [-0.25, -0.2) is 12.8 Å². The van der Waals surface area contributed by atoms with Gasteiger partial charge in [0.1, 0.15) is 5.82 Å². The van der Waals surface area contributed by atoms with Gasteiger partial charge in [-0.2, -0.15) is 0 Å². The van der Waals surface area contributed by atoms with Crippen molar-refractivity contribution < 1.29 is 17.6 Å². The van der Waals surface area contributed by atoms with Crippen LogP contribution in [0.1, 0.15) is 16.8 Å². The third-order valence-corrected chi connectivity index (χ3v) is 6.64. The Bertz CT molecular complexity index is 1070. The first-order valence-corrected chi connectivity index (χ1v) is 11.8. The maximum absolute atomic E-state index is 12.9. The van der Waals surface area contributed by atoms with Crippen LogP contribution >= 0.6 is 11.8 Å². The highest BCUT2D eigenvalue weighted by atomic mass is 32.2. The average molecular weight is 445 g/mol. The summed E-state index contributed by atoms with van der Waals surface area (Å²) in [5.74, 6) is 0.261. The van der Waals surface area contributed by atoms with Crippen molar-refractivity contribution in [3.8, 4) is 0 Å². The van der Waals surface area contributed by atoms with Crippen LogP contribution in [-0.4, -0.2) is 26.6 Å². The summed E-state index contributed by atoms with van der Waals surface area (Å²) >= 11 is 1.59. The van der Waals surface area contributed by atoms with E-state index in [1.165, 1.54) is 36.4 Å². The number of carbonyl (C=O) groups is 1. The lowest BCUT2D eigenvalue weighted by Crippen LogP contribution is -2.24. The van der Waals surface area contributed by atoms with Crippen LogP contribution < -0.4 is 10.0 Å². The SMILES string of the molecule is O=C(NCCCSc1ccc(F)cc1)c1ccc(S(=O)(=O)Nc2ccccc2)cc1. The number of rotatable bonds is 9. The minimum absolute atomic E-state index is 0.0820. The molecule has 30 heavy (non-hydrogen) atoms. The van der Waals surface area contributed by atoms with Gasteiger partial charge in [0.25, 0.3) is 15.9 Å². The summed E-state index contributed by atoms with van der Waals surface area (Å²) in [6.45, 7) is 0.489. The number of hydrogen-bond donors (Lipinski definition) is 2. The number of amides is 1. The summed E-state index contributed by atoms with van der Waals surface area (Å²) in [5, 5.41) is 2.82. The first-order valence-electron chi connectivity index (χ1n) is 9.28. The van der Waals surface area contributed by atoms with Gasteiger partial charge in [-0.1, -0.05) is 18.2 Å². The van der Waals surface area contributed by atoms with Crippen molar-refractivity contribution in [3.63, 3.8) is 0 Å². The van der Waals surface area contributed by atoms with E-state index in [0.29, 0.717) is 17.8 Å². The molecule has 0 heterocycles. The van der Waals surface area contributed by atoms with Crippen LogP contribution in [0, 0.1) is 5.82 Å². The molecule has 3 rings (SSSR count). The average Bonchev–Trinajstić information content (AvgIpc) is 2.75. The number of benzene rings is 3. The monoisotopic (exact) mass is 444 g/mol. The van der Waals surface area contributed by atoms with Crippen molar-refractivity contribution in [3.05, 3.63) is 90.2 Å². The fourth-order valence-corrected chi connectivity index (χ4v) is 4.51. The minimum Gasteiger partial charge on any atom is -0.352 e. The van der Waals surface area contributed by atoms with Crippen LogP contribution in [0.3, 0.4) is 0 Å². The van der Waals surface area contributed by atoms with E-state index >= 15 is 0 Å². The molecule has 0 unspecified atom stereocenters. The molecule has 156 valence electrons. The molecule has 0 saturated carbocycles. The van der Waals surface area contributed by atoms with Crippen LogP contribution in [0.5, 0.6) is 0 Å². The molecule has 0 atom stereocenters. The summed E-state index contributed by atoms with van der Waals surface area (Å²) < 4.78 is 40.2. The molecule has 0 aliphatic heterocycles. The minimum atomic E-state index is -3.72. The summed E-state index contributed by atoms with van der Waals surface area (Å²) in [6.07, 6.45) is 0.751. The molecule has 0 aliphatic carbocycles. The highest BCUT2D eigenvalue weighted by Gasteiger charge is 2.15. The van der Waals surface area contributed by atoms with E-state index < -0.39 is 10.0 Å². The molecule has 0 radical (unpaired) electrons.